The van der Waals surface area contributed by atoms with Crippen molar-refractivity contribution in [1.82, 2.24) is 4.57 Å². The number of nitrogens with zero attached hydrogens (tertiary/aromatic N) is 1. The van der Waals surface area contributed by atoms with Gasteiger partial charge in [-0.2, -0.15) is 0 Å². The highest BCUT2D eigenvalue weighted by molar-refractivity contribution is 6.30. The molecule has 1 unspecified atom stereocenters. The van der Waals surface area contributed by atoms with E-state index in [1.165, 1.54) is 0 Å². The van der Waals surface area contributed by atoms with Crippen LogP contribution in [0.3, 0.4) is 0 Å². The second kappa shape index (κ2) is 8.11. The van der Waals surface area contributed by atoms with Crippen molar-refractivity contribution in [3.05, 3.63) is 83.1 Å². The SMILES string of the molecule is COc1ccc(C(CC(=O)Nc2ccc(Cl)cc2C)n2cccc2)cc1. The number of rotatable bonds is 6. The van der Waals surface area contributed by atoms with Gasteiger partial charge >= 0.3 is 0 Å². The monoisotopic (exact) mass is 368 g/mol. The lowest BCUT2D eigenvalue weighted by atomic mass is 10.0. The molecule has 5 heteroatoms. The van der Waals surface area contributed by atoms with Gasteiger partial charge in [-0.1, -0.05) is 23.7 Å². The summed E-state index contributed by atoms with van der Waals surface area (Å²) in [5, 5.41) is 3.64. The van der Waals surface area contributed by atoms with Gasteiger partial charge in [0.2, 0.25) is 5.91 Å². The quantitative estimate of drug-likeness (QED) is 0.659. The first kappa shape index (κ1) is 18.1. The molecule has 134 valence electrons. The maximum atomic E-state index is 12.7. The number of hydrogen-bond acceptors (Lipinski definition) is 2. The summed E-state index contributed by atoms with van der Waals surface area (Å²) < 4.78 is 7.26. The van der Waals surface area contributed by atoms with E-state index in [2.05, 4.69) is 5.32 Å². The fraction of sp³-hybridized carbons (Fsp3) is 0.190. The predicted molar refractivity (Wildman–Crippen MR) is 105 cm³/mol. The van der Waals surface area contributed by atoms with Crippen molar-refractivity contribution in [2.75, 3.05) is 12.4 Å². The highest BCUT2D eigenvalue weighted by Gasteiger charge is 2.18. The average molecular weight is 369 g/mol. The second-order valence-electron chi connectivity index (χ2n) is 6.13. The number of benzene rings is 2. The molecule has 1 atom stereocenters. The molecule has 26 heavy (non-hydrogen) atoms. The minimum Gasteiger partial charge on any atom is -0.497 e. The summed E-state index contributed by atoms with van der Waals surface area (Å²) in [6.07, 6.45) is 4.26. The number of methoxy groups -OCH3 is 1. The third-order valence-corrected chi connectivity index (χ3v) is 4.56. The summed E-state index contributed by atoms with van der Waals surface area (Å²) in [5.74, 6) is 0.742. The molecule has 2 aromatic carbocycles. The Bertz CT molecular complexity index is 874. The van der Waals surface area contributed by atoms with Gasteiger partial charge in [-0.3, -0.25) is 4.79 Å². The van der Waals surface area contributed by atoms with Gasteiger partial charge in [0.15, 0.2) is 0 Å². The summed E-state index contributed by atoms with van der Waals surface area (Å²) >= 11 is 5.98. The largest absolute Gasteiger partial charge is 0.497 e. The van der Waals surface area contributed by atoms with Crippen LogP contribution in [-0.2, 0) is 4.79 Å². The fourth-order valence-electron chi connectivity index (χ4n) is 2.92. The summed E-state index contributed by atoms with van der Waals surface area (Å²) in [4.78, 5) is 12.7. The highest BCUT2D eigenvalue weighted by atomic mass is 35.5. The van der Waals surface area contributed by atoms with E-state index in [4.69, 9.17) is 16.3 Å². The minimum absolute atomic E-state index is 0.0510. The number of halogens is 1. The van der Waals surface area contributed by atoms with Gasteiger partial charge in [0.05, 0.1) is 19.6 Å². The van der Waals surface area contributed by atoms with Crippen molar-refractivity contribution < 1.29 is 9.53 Å². The Labute approximate surface area is 158 Å². The summed E-state index contributed by atoms with van der Waals surface area (Å²) in [6, 6.07) is 17.1. The van der Waals surface area contributed by atoms with Gasteiger partial charge < -0.3 is 14.6 Å². The topological polar surface area (TPSA) is 43.3 Å². The molecule has 0 radical (unpaired) electrons. The lowest BCUT2D eigenvalue weighted by Gasteiger charge is -2.20. The first-order chi connectivity index (χ1) is 12.6. The van der Waals surface area contributed by atoms with Crippen molar-refractivity contribution in [2.45, 2.75) is 19.4 Å². The van der Waals surface area contributed by atoms with E-state index in [1.807, 2.05) is 72.4 Å². The molecule has 0 spiro atoms. The lowest BCUT2D eigenvalue weighted by molar-refractivity contribution is -0.116. The zero-order valence-electron chi connectivity index (χ0n) is 14.8. The third kappa shape index (κ3) is 4.27. The first-order valence-corrected chi connectivity index (χ1v) is 8.77. The van der Waals surface area contributed by atoms with Gasteiger partial charge in [0.25, 0.3) is 0 Å². The van der Waals surface area contributed by atoms with Crippen LogP contribution in [0.5, 0.6) is 5.75 Å². The molecule has 0 bridgehead atoms. The number of anilines is 1. The van der Waals surface area contributed by atoms with E-state index < -0.39 is 0 Å². The Hall–Kier alpha value is -2.72. The normalized spacial score (nSPS) is 11.8. The molecule has 0 aliphatic rings. The van der Waals surface area contributed by atoms with Gasteiger partial charge in [-0.05, 0) is 60.5 Å². The van der Waals surface area contributed by atoms with Gasteiger partial charge in [0.1, 0.15) is 5.75 Å². The molecule has 1 amide bonds. The van der Waals surface area contributed by atoms with Crippen LogP contribution in [0.25, 0.3) is 0 Å². The molecule has 0 saturated carbocycles. The standard InChI is InChI=1S/C21H21ClN2O2/c1-15-13-17(22)7-10-19(15)23-21(25)14-20(24-11-3-4-12-24)16-5-8-18(26-2)9-6-16/h3-13,20H,14H2,1-2H3,(H,23,25). The lowest BCUT2D eigenvalue weighted by Crippen LogP contribution is -2.20. The highest BCUT2D eigenvalue weighted by Crippen LogP contribution is 2.26. The molecule has 4 nitrogen and oxygen atoms in total. The maximum Gasteiger partial charge on any atom is 0.226 e. The van der Waals surface area contributed by atoms with E-state index in [0.717, 1.165) is 22.6 Å². The zero-order valence-corrected chi connectivity index (χ0v) is 15.5. The Balaban J connectivity index is 1.80. The smallest absolute Gasteiger partial charge is 0.226 e. The summed E-state index contributed by atoms with van der Waals surface area (Å²) in [6.45, 7) is 1.92. The summed E-state index contributed by atoms with van der Waals surface area (Å²) in [7, 11) is 1.64. The Morgan fingerprint density at radius 2 is 1.85 bits per heavy atom. The number of carbonyl (C=O) groups excluding carboxylic acids is 1. The Morgan fingerprint density at radius 1 is 1.15 bits per heavy atom. The van der Waals surface area contributed by atoms with Crippen LogP contribution in [0.15, 0.2) is 67.0 Å². The molecule has 3 rings (SSSR count). The van der Waals surface area contributed by atoms with Crippen LogP contribution in [0.1, 0.15) is 23.6 Å². The molecule has 3 aromatic rings. The van der Waals surface area contributed by atoms with Gasteiger partial charge in [-0.25, -0.2) is 0 Å². The van der Waals surface area contributed by atoms with Crippen LogP contribution in [0, 0.1) is 6.92 Å². The van der Waals surface area contributed by atoms with E-state index in [-0.39, 0.29) is 11.9 Å². The average Bonchev–Trinajstić information content (AvgIpc) is 3.17. The van der Waals surface area contributed by atoms with Crippen LogP contribution in [0.2, 0.25) is 5.02 Å². The van der Waals surface area contributed by atoms with E-state index >= 15 is 0 Å². The molecule has 1 aromatic heterocycles. The van der Waals surface area contributed by atoms with E-state index in [0.29, 0.717) is 11.4 Å². The minimum atomic E-state index is -0.0940. The number of nitrogens with one attached hydrogen (secondary N) is 1. The Morgan fingerprint density at radius 3 is 2.46 bits per heavy atom. The maximum absolute atomic E-state index is 12.7. The molecule has 1 N–H and O–H groups in total. The molecule has 1 heterocycles. The molecular formula is C21H21ClN2O2. The van der Waals surface area contributed by atoms with Crippen LogP contribution >= 0.6 is 11.6 Å². The molecule has 0 aliphatic heterocycles. The summed E-state index contributed by atoms with van der Waals surface area (Å²) in [5.41, 5.74) is 2.76. The van der Waals surface area contributed by atoms with Crippen molar-refractivity contribution >= 4 is 23.2 Å². The predicted octanol–water partition coefficient (Wildman–Crippen LogP) is 5.08. The van der Waals surface area contributed by atoms with Crippen molar-refractivity contribution in [3.8, 4) is 5.75 Å². The van der Waals surface area contributed by atoms with Crippen molar-refractivity contribution in [3.63, 3.8) is 0 Å². The van der Waals surface area contributed by atoms with Crippen molar-refractivity contribution in [1.29, 1.82) is 0 Å². The Kier molecular flexibility index (Phi) is 5.64. The van der Waals surface area contributed by atoms with Gasteiger partial charge in [-0.15, -0.1) is 0 Å². The van der Waals surface area contributed by atoms with Crippen LogP contribution < -0.4 is 10.1 Å². The number of hydrogen-bond donors (Lipinski definition) is 1. The number of aryl methyl sites for hydroxylation is 1. The van der Waals surface area contributed by atoms with Gasteiger partial charge in [0, 0.05) is 23.1 Å². The molecular weight excluding hydrogens is 348 g/mol. The first-order valence-electron chi connectivity index (χ1n) is 8.39. The number of carbonyl (C=O) groups is 1. The number of aromatic nitrogens is 1. The molecule has 0 fully saturated rings. The van der Waals surface area contributed by atoms with Crippen molar-refractivity contribution in [2.24, 2.45) is 0 Å². The molecule has 0 aliphatic carbocycles. The number of ether oxygens (including phenoxy) is 1. The number of amides is 1. The zero-order chi connectivity index (χ0) is 18.5. The second-order valence-corrected chi connectivity index (χ2v) is 6.57. The van der Waals surface area contributed by atoms with Crippen LogP contribution in [0.4, 0.5) is 5.69 Å². The van der Waals surface area contributed by atoms with E-state index in [9.17, 15) is 4.79 Å². The van der Waals surface area contributed by atoms with Crippen LogP contribution in [-0.4, -0.2) is 17.6 Å². The van der Waals surface area contributed by atoms with E-state index in [1.54, 1.807) is 13.2 Å². The fourth-order valence-corrected chi connectivity index (χ4v) is 3.15. The molecule has 0 saturated heterocycles. The third-order valence-electron chi connectivity index (χ3n) is 4.33.